The standard InChI is InChI=1S/C24H26N2O3/c1-16(27)26-24(18-9-13-21(29-3)14-10-18)22-6-4-5-19(23(22)25-26)15-17-7-11-20(28-2)12-8-17/h7-15,22,24H,4-6H2,1-3H3. The van der Waals surface area contributed by atoms with E-state index in [1.807, 2.05) is 36.4 Å². The van der Waals surface area contributed by atoms with Gasteiger partial charge in [0.05, 0.1) is 26.0 Å². The summed E-state index contributed by atoms with van der Waals surface area (Å²) in [5.74, 6) is 1.84. The minimum atomic E-state index is -0.0621. The van der Waals surface area contributed by atoms with E-state index >= 15 is 0 Å². The minimum absolute atomic E-state index is 0.0310. The first-order valence-corrected chi connectivity index (χ1v) is 9.98. The van der Waals surface area contributed by atoms with E-state index in [1.165, 1.54) is 5.57 Å². The molecule has 150 valence electrons. The van der Waals surface area contributed by atoms with E-state index in [0.29, 0.717) is 0 Å². The smallest absolute Gasteiger partial charge is 0.240 e. The second-order valence-electron chi connectivity index (χ2n) is 7.51. The molecule has 0 N–H and O–H groups in total. The van der Waals surface area contributed by atoms with Crippen LogP contribution in [0.5, 0.6) is 11.5 Å². The molecule has 0 aromatic heterocycles. The van der Waals surface area contributed by atoms with Crippen molar-refractivity contribution in [3.63, 3.8) is 0 Å². The Labute approximate surface area is 171 Å². The summed E-state index contributed by atoms with van der Waals surface area (Å²) in [4.78, 5) is 12.4. The third-order valence-corrected chi connectivity index (χ3v) is 5.74. The number of rotatable bonds is 4. The second kappa shape index (κ2) is 8.11. The molecule has 2 aromatic rings. The third-order valence-electron chi connectivity index (χ3n) is 5.74. The van der Waals surface area contributed by atoms with Crippen LogP contribution in [-0.2, 0) is 4.79 Å². The van der Waals surface area contributed by atoms with Gasteiger partial charge in [0.25, 0.3) is 0 Å². The Morgan fingerprint density at radius 2 is 1.66 bits per heavy atom. The second-order valence-corrected chi connectivity index (χ2v) is 7.51. The maximum atomic E-state index is 12.4. The van der Waals surface area contributed by atoms with Crippen molar-refractivity contribution in [1.82, 2.24) is 5.01 Å². The number of hydrazone groups is 1. The first-order chi connectivity index (χ1) is 14.1. The molecule has 2 atom stereocenters. The number of nitrogens with zero attached hydrogens (tertiary/aromatic N) is 2. The zero-order valence-electron chi connectivity index (χ0n) is 17.1. The molecule has 1 heterocycles. The van der Waals surface area contributed by atoms with Crippen LogP contribution in [0.1, 0.15) is 43.4 Å². The predicted molar refractivity (Wildman–Crippen MR) is 114 cm³/mol. The fourth-order valence-electron chi connectivity index (χ4n) is 4.30. The van der Waals surface area contributed by atoms with Gasteiger partial charge >= 0.3 is 0 Å². The number of ether oxygens (including phenoxy) is 2. The van der Waals surface area contributed by atoms with Gasteiger partial charge in [0.2, 0.25) is 5.91 Å². The van der Waals surface area contributed by atoms with Crippen LogP contribution in [0.15, 0.2) is 59.2 Å². The number of methoxy groups -OCH3 is 2. The Kier molecular flexibility index (Phi) is 5.38. The molecule has 1 amide bonds. The van der Waals surface area contributed by atoms with Crippen LogP contribution in [-0.4, -0.2) is 30.8 Å². The average Bonchev–Trinajstić information content (AvgIpc) is 3.15. The highest BCUT2D eigenvalue weighted by Gasteiger charge is 2.42. The summed E-state index contributed by atoms with van der Waals surface area (Å²) in [6, 6.07) is 15.9. The number of fused-ring (bicyclic) bond motifs is 1. The molecular formula is C24H26N2O3. The molecule has 2 unspecified atom stereocenters. The minimum Gasteiger partial charge on any atom is -0.497 e. The summed E-state index contributed by atoms with van der Waals surface area (Å²) in [5, 5.41) is 6.46. The fourth-order valence-corrected chi connectivity index (χ4v) is 4.30. The molecule has 5 nitrogen and oxygen atoms in total. The number of carbonyl (C=O) groups is 1. The molecule has 2 aliphatic rings. The monoisotopic (exact) mass is 390 g/mol. The Morgan fingerprint density at radius 1 is 1.03 bits per heavy atom. The van der Waals surface area contributed by atoms with Crippen molar-refractivity contribution in [1.29, 1.82) is 0 Å². The summed E-state index contributed by atoms with van der Waals surface area (Å²) in [6.07, 6.45) is 5.28. The van der Waals surface area contributed by atoms with Crippen LogP contribution >= 0.6 is 0 Å². The quantitative estimate of drug-likeness (QED) is 0.750. The van der Waals surface area contributed by atoms with Crippen LogP contribution in [0.4, 0.5) is 0 Å². The number of amides is 1. The van der Waals surface area contributed by atoms with E-state index in [4.69, 9.17) is 14.6 Å². The highest BCUT2D eigenvalue weighted by atomic mass is 16.5. The van der Waals surface area contributed by atoms with Gasteiger partial charge in [0.1, 0.15) is 11.5 Å². The van der Waals surface area contributed by atoms with Gasteiger partial charge in [-0.15, -0.1) is 0 Å². The van der Waals surface area contributed by atoms with Crippen LogP contribution in [0.2, 0.25) is 0 Å². The molecule has 0 spiro atoms. The van der Waals surface area contributed by atoms with Crippen LogP contribution < -0.4 is 9.47 Å². The molecule has 0 radical (unpaired) electrons. The topological polar surface area (TPSA) is 51.1 Å². The fraction of sp³-hybridized carbons (Fsp3) is 0.333. The zero-order chi connectivity index (χ0) is 20.4. The Morgan fingerprint density at radius 3 is 2.24 bits per heavy atom. The highest BCUT2D eigenvalue weighted by molar-refractivity contribution is 6.08. The van der Waals surface area contributed by atoms with E-state index in [2.05, 4.69) is 18.2 Å². The molecule has 4 rings (SSSR count). The molecule has 1 fully saturated rings. The summed E-state index contributed by atoms with van der Waals surface area (Å²) in [5.41, 5.74) is 4.47. The van der Waals surface area contributed by atoms with Crippen molar-refractivity contribution >= 4 is 17.7 Å². The van der Waals surface area contributed by atoms with Crippen molar-refractivity contribution in [3.05, 3.63) is 65.2 Å². The summed E-state index contributed by atoms with van der Waals surface area (Å²) < 4.78 is 10.5. The molecule has 0 saturated heterocycles. The van der Waals surface area contributed by atoms with Gasteiger partial charge in [-0.05, 0) is 66.3 Å². The molecule has 2 aromatic carbocycles. The third kappa shape index (κ3) is 3.77. The first-order valence-electron chi connectivity index (χ1n) is 9.98. The average molecular weight is 390 g/mol. The summed E-state index contributed by atoms with van der Waals surface area (Å²) in [6.45, 7) is 1.59. The molecule has 0 bridgehead atoms. The Bertz CT molecular complexity index is 945. The van der Waals surface area contributed by atoms with Gasteiger partial charge in [-0.2, -0.15) is 5.10 Å². The van der Waals surface area contributed by atoms with E-state index in [9.17, 15) is 4.79 Å². The summed E-state index contributed by atoms with van der Waals surface area (Å²) in [7, 11) is 3.33. The van der Waals surface area contributed by atoms with Gasteiger partial charge in [0, 0.05) is 12.8 Å². The van der Waals surface area contributed by atoms with Gasteiger partial charge in [-0.3, -0.25) is 4.79 Å². The number of benzene rings is 2. The number of carbonyl (C=O) groups excluding carboxylic acids is 1. The summed E-state index contributed by atoms with van der Waals surface area (Å²) >= 11 is 0. The maximum Gasteiger partial charge on any atom is 0.240 e. The highest BCUT2D eigenvalue weighted by Crippen LogP contribution is 2.44. The van der Waals surface area contributed by atoms with Gasteiger partial charge in [0.15, 0.2) is 0 Å². The molecular weight excluding hydrogens is 364 g/mol. The van der Waals surface area contributed by atoms with Gasteiger partial charge in [-0.25, -0.2) is 5.01 Å². The van der Waals surface area contributed by atoms with E-state index in [0.717, 1.165) is 47.6 Å². The van der Waals surface area contributed by atoms with E-state index < -0.39 is 0 Å². The van der Waals surface area contributed by atoms with E-state index in [1.54, 1.807) is 26.2 Å². The lowest BCUT2D eigenvalue weighted by molar-refractivity contribution is -0.131. The SMILES string of the molecule is COc1ccc(C=C2CCCC3C2=NN(C(C)=O)C3c2ccc(OC)cc2)cc1. The Hall–Kier alpha value is -3.08. The molecule has 29 heavy (non-hydrogen) atoms. The molecule has 5 heteroatoms. The van der Waals surface area contributed by atoms with Crippen molar-refractivity contribution in [2.45, 2.75) is 32.2 Å². The van der Waals surface area contributed by atoms with Crippen molar-refractivity contribution in [2.24, 2.45) is 11.0 Å². The molecule has 1 aliphatic heterocycles. The lowest BCUT2D eigenvalue weighted by Crippen LogP contribution is -2.30. The predicted octanol–water partition coefficient (Wildman–Crippen LogP) is 4.85. The molecule has 1 aliphatic carbocycles. The van der Waals surface area contributed by atoms with Crippen molar-refractivity contribution < 1.29 is 14.3 Å². The van der Waals surface area contributed by atoms with Gasteiger partial charge < -0.3 is 9.47 Å². The number of hydrogen-bond donors (Lipinski definition) is 0. The van der Waals surface area contributed by atoms with Crippen LogP contribution in [0, 0.1) is 5.92 Å². The van der Waals surface area contributed by atoms with Crippen LogP contribution in [0.25, 0.3) is 6.08 Å². The van der Waals surface area contributed by atoms with Gasteiger partial charge in [-0.1, -0.05) is 24.3 Å². The first kappa shape index (κ1) is 19.2. The Balaban J connectivity index is 1.68. The van der Waals surface area contributed by atoms with Crippen molar-refractivity contribution in [2.75, 3.05) is 14.2 Å². The number of allylic oxidation sites excluding steroid dienone is 1. The maximum absolute atomic E-state index is 12.4. The zero-order valence-corrected chi connectivity index (χ0v) is 17.1. The van der Waals surface area contributed by atoms with Crippen LogP contribution in [0.3, 0.4) is 0 Å². The number of hydrogen-bond acceptors (Lipinski definition) is 4. The normalized spacial score (nSPS) is 22.2. The van der Waals surface area contributed by atoms with E-state index in [-0.39, 0.29) is 17.9 Å². The van der Waals surface area contributed by atoms with Crippen molar-refractivity contribution in [3.8, 4) is 11.5 Å². The molecule has 1 saturated carbocycles. The lowest BCUT2D eigenvalue weighted by atomic mass is 9.77. The lowest BCUT2D eigenvalue weighted by Gasteiger charge is -2.29. The largest absolute Gasteiger partial charge is 0.497 e.